The van der Waals surface area contributed by atoms with Gasteiger partial charge < -0.3 is 14.7 Å². The maximum absolute atomic E-state index is 12.3. The lowest BCUT2D eigenvalue weighted by atomic mass is 9.91. The number of carbonyl (C=O) groups excluding carboxylic acids is 1. The van der Waals surface area contributed by atoms with E-state index in [1.165, 1.54) is 0 Å². The summed E-state index contributed by atoms with van der Waals surface area (Å²) in [5.41, 5.74) is 0. The van der Waals surface area contributed by atoms with Gasteiger partial charge in [0.2, 0.25) is 5.91 Å². The number of rotatable bonds is 2. The zero-order valence-electron chi connectivity index (χ0n) is 10.6. The van der Waals surface area contributed by atoms with E-state index in [0.717, 1.165) is 38.8 Å². The molecule has 4 nitrogen and oxygen atoms in total. The molecule has 0 saturated carbocycles. The summed E-state index contributed by atoms with van der Waals surface area (Å²) in [7, 11) is 0. The lowest BCUT2D eigenvalue weighted by molar-refractivity contribution is -0.142. The van der Waals surface area contributed by atoms with Crippen molar-refractivity contribution in [3.8, 4) is 0 Å². The number of likely N-dealkylation sites (tertiary alicyclic amines) is 1. The van der Waals surface area contributed by atoms with Crippen molar-refractivity contribution in [1.29, 1.82) is 0 Å². The first-order valence-electron chi connectivity index (χ1n) is 6.73. The Balaban J connectivity index is 1.89. The highest BCUT2D eigenvalue weighted by Gasteiger charge is 2.31. The van der Waals surface area contributed by atoms with Gasteiger partial charge in [-0.1, -0.05) is 0 Å². The van der Waals surface area contributed by atoms with E-state index in [0.29, 0.717) is 13.2 Å². The summed E-state index contributed by atoms with van der Waals surface area (Å²) >= 11 is 0. The third-order valence-electron chi connectivity index (χ3n) is 3.96. The second-order valence-corrected chi connectivity index (χ2v) is 5.34. The number of piperidine rings is 1. The van der Waals surface area contributed by atoms with Gasteiger partial charge in [0.1, 0.15) is 0 Å². The van der Waals surface area contributed by atoms with Crippen LogP contribution < -0.4 is 0 Å². The maximum atomic E-state index is 12.3. The van der Waals surface area contributed by atoms with Crippen LogP contribution in [0.1, 0.15) is 32.6 Å². The van der Waals surface area contributed by atoms with Crippen molar-refractivity contribution < 1.29 is 14.6 Å². The number of hydrogen-bond acceptors (Lipinski definition) is 3. The van der Waals surface area contributed by atoms with Crippen LogP contribution in [0, 0.1) is 11.8 Å². The molecular formula is C13H23NO3. The minimum Gasteiger partial charge on any atom is -0.393 e. The fraction of sp³-hybridized carbons (Fsp3) is 0.923. The third kappa shape index (κ3) is 3.19. The van der Waals surface area contributed by atoms with E-state index in [1.807, 2.05) is 11.8 Å². The molecule has 0 aromatic carbocycles. The predicted molar refractivity (Wildman–Crippen MR) is 64.5 cm³/mol. The molecule has 0 aromatic heterocycles. The van der Waals surface area contributed by atoms with Crippen LogP contribution in [-0.2, 0) is 9.53 Å². The number of nitrogens with zero attached hydrogens (tertiary/aromatic N) is 1. The molecule has 2 aliphatic heterocycles. The molecule has 2 rings (SSSR count). The van der Waals surface area contributed by atoms with E-state index in [4.69, 9.17) is 4.74 Å². The van der Waals surface area contributed by atoms with Crippen LogP contribution in [0.4, 0.5) is 0 Å². The van der Waals surface area contributed by atoms with E-state index in [1.54, 1.807) is 0 Å². The summed E-state index contributed by atoms with van der Waals surface area (Å²) in [6.45, 7) is 4.75. The van der Waals surface area contributed by atoms with Gasteiger partial charge in [0, 0.05) is 25.6 Å². The van der Waals surface area contributed by atoms with Gasteiger partial charge in [0.05, 0.1) is 18.6 Å². The van der Waals surface area contributed by atoms with Gasteiger partial charge in [-0.2, -0.15) is 0 Å². The standard InChI is InChI=1S/C13H23NO3/c1-10(15)11-4-2-6-14(8-11)13(16)12-5-3-7-17-9-12/h10-12,15H,2-9H2,1H3. The molecule has 4 heteroatoms. The smallest absolute Gasteiger partial charge is 0.228 e. The average molecular weight is 241 g/mol. The zero-order chi connectivity index (χ0) is 12.3. The van der Waals surface area contributed by atoms with Gasteiger partial charge in [-0.25, -0.2) is 0 Å². The van der Waals surface area contributed by atoms with Gasteiger partial charge in [-0.15, -0.1) is 0 Å². The van der Waals surface area contributed by atoms with Gasteiger partial charge in [0.25, 0.3) is 0 Å². The molecule has 17 heavy (non-hydrogen) atoms. The fourth-order valence-electron chi connectivity index (χ4n) is 2.80. The highest BCUT2D eigenvalue weighted by molar-refractivity contribution is 5.79. The van der Waals surface area contributed by atoms with Crippen molar-refractivity contribution in [3.63, 3.8) is 0 Å². The van der Waals surface area contributed by atoms with Crippen molar-refractivity contribution in [2.24, 2.45) is 11.8 Å². The summed E-state index contributed by atoms with van der Waals surface area (Å²) in [4.78, 5) is 14.2. The molecule has 3 atom stereocenters. The maximum Gasteiger partial charge on any atom is 0.228 e. The Morgan fingerprint density at radius 3 is 2.88 bits per heavy atom. The highest BCUT2D eigenvalue weighted by atomic mass is 16.5. The van der Waals surface area contributed by atoms with Gasteiger partial charge in [-0.3, -0.25) is 4.79 Å². The van der Waals surface area contributed by atoms with Crippen LogP contribution in [0.3, 0.4) is 0 Å². The van der Waals surface area contributed by atoms with E-state index >= 15 is 0 Å². The number of amides is 1. The van der Waals surface area contributed by atoms with Crippen LogP contribution in [0.15, 0.2) is 0 Å². The van der Waals surface area contributed by atoms with Crippen molar-refractivity contribution in [2.45, 2.75) is 38.7 Å². The molecule has 2 aliphatic rings. The molecular weight excluding hydrogens is 218 g/mol. The molecule has 0 spiro atoms. The second-order valence-electron chi connectivity index (χ2n) is 5.34. The number of hydrogen-bond donors (Lipinski definition) is 1. The quantitative estimate of drug-likeness (QED) is 0.785. The van der Waals surface area contributed by atoms with Gasteiger partial charge in [-0.05, 0) is 32.6 Å². The van der Waals surface area contributed by atoms with Crippen molar-refractivity contribution in [2.75, 3.05) is 26.3 Å². The van der Waals surface area contributed by atoms with E-state index in [2.05, 4.69) is 0 Å². The molecule has 2 fully saturated rings. The Morgan fingerprint density at radius 2 is 2.24 bits per heavy atom. The molecule has 0 bridgehead atoms. The molecule has 2 heterocycles. The minimum absolute atomic E-state index is 0.0523. The first-order chi connectivity index (χ1) is 8.18. The minimum atomic E-state index is -0.312. The first-order valence-corrected chi connectivity index (χ1v) is 6.73. The van der Waals surface area contributed by atoms with Crippen LogP contribution >= 0.6 is 0 Å². The first kappa shape index (κ1) is 12.8. The van der Waals surface area contributed by atoms with Crippen molar-refractivity contribution in [3.05, 3.63) is 0 Å². The number of aliphatic hydroxyl groups is 1. The SMILES string of the molecule is CC(O)C1CCCN(C(=O)C2CCCOC2)C1. The predicted octanol–water partition coefficient (Wildman–Crippen LogP) is 1.03. The molecule has 0 aromatic rings. The fourth-order valence-corrected chi connectivity index (χ4v) is 2.80. The van der Waals surface area contributed by atoms with E-state index in [9.17, 15) is 9.90 Å². The van der Waals surface area contributed by atoms with Crippen LogP contribution in [0.5, 0.6) is 0 Å². The molecule has 3 unspecified atom stereocenters. The Kier molecular flexibility index (Phi) is 4.40. The Bertz CT molecular complexity index is 261. The average Bonchev–Trinajstić information content (AvgIpc) is 2.39. The van der Waals surface area contributed by atoms with Gasteiger partial charge >= 0.3 is 0 Å². The Morgan fingerprint density at radius 1 is 1.41 bits per heavy atom. The highest BCUT2D eigenvalue weighted by Crippen LogP contribution is 2.23. The zero-order valence-corrected chi connectivity index (χ0v) is 10.6. The second kappa shape index (κ2) is 5.83. The molecule has 2 saturated heterocycles. The van der Waals surface area contributed by atoms with Crippen molar-refractivity contribution >= 4 is 5.91 Å². The molecule has 0 radical (unpaired) electrons. The summed E-state index contributed by atoms with van der Waals surface area (Å²) < 4.78 is 5.37. The monoisotopic (exact) mass is 241 g/mol. The lowest BCUT2D eigenvalue weighted by Crippen LogP contribution is -2.46. The van der Waals surface area contributed by atoms with E-state index in [-0.39, 0.29) is 23.8 Å². The summed E-state index contributed by atoms with van der Waals surface area (Å²) in [6.07, 6.45) is 3.67. The van der Waals surface area contributed by atoms with Crippen LogP contribution in [0.25, 0.3) is 0 Å². The Labute approximate surface area is 103 Å². The van der Waals surface area contributed by atoms with Crippen molar-refractivity contribution in [1.82, 2.24) is 4.90 Å². The summed E-state index contributed by atoms with van der Waals surface area (Å²) in [5.74, 6) is 0.531. The Hall–Kier alpha value is -0.610. The van der Waals surface area contributed by atoms with Crippen LogP contribution in [0.2, 0.25) is 0 Å². The summed E-state index contributed by atoms with van der Waals surface area (Å²) in [5, 5.41) is 9.62. The van der Waals surface area contributed by atoms with E-state index < -0.39 is 0 Å². The summed E-state index contributed by atoms with van der Waals surface area (Å²) in [6, 6.07) is 0. The number of aliphatic hydroxyl groups excluding tert-OH is 1. The van der Waals surface area contributed by atoms with Crippen LogP contribution in [-0.4, -0.2) is 48.3 Å². The lowest BCUT2D eigenvalue weighted by Gasteiger charge is -2.36. The molecule has 1 amide bonds. The third-order valence-corrected chi connectivity index (χ3v) is 3.96. The molecule has 0 aliphatic carbocycles. The largest absolute Gasteiger partial charge is 0.393 e. The number of ether oxygens (including phenoxy) is 1. The number of carbonyl (C=O) groups is 1. The molecule has 98 valence electrons. The normalized spacial score (nSPS) is 32.2. The topological polar surface area (TPSA) is 49.8 Å². The molecule has 1 N–H and O–H groups in total. The van der Waals surface area contributed by atoms with Gasteiger partial charge in [0.15, 0.2) is 0 Å².